The Bertz CT molecular complexity index is 307. The van der Waals surface area contributed by atoms with Crippen molar-refractivity contribution in [2.45, 2.75) is 47.2 Å². The smallest absolute Gasteiger partial charge is 0.0638 e. The molecule has 0 amide bonds. The lowest BCUT2D eigenvalue weighted by Gasteiger charge is -2.17. The average Bonchev–Trinajstić information content (AvgIpc) is 2.44. The van der Waals surface area contributed by atoms with E-state index in [1.165, 1.54) is 5.56 Å². The van der Waals surface area contributed by atoms with Gasteiger partial charge in [0.15, 0.2) is 0 Å². The lowest BCUT2D eigenvalue weighted by atomic mass is 9.92. The van der Waals surface area contributed by atoms with E-state index in [1.54, 1.807) is 0 Å². The minimum atomic E-state index is 0.378. The van der Waals surface area contributed by atoms with Gasteiger partial charge in [0, 0.05) is 24.8 Å². The molecular formula is C12H23N3. The first-order chi connectivity index (χ1) is 6.92. The third-order valence-corrected chi connectivity index (χ3v) is 2.51. The Morgan fingerprint density at radius 2 is 2.07 bits per heavy atom. The van der Waals surface area contributed by atoms with Gasteiger partial charge in [0.25, 0.3) is 0 Å². The Hall–Kier alpha value is -0.830. The van der Waals surface area contributed by atoms with Crippen LogP contribution in [0.2, 0.25) is 0 Å². The molecule has 0 unspecified atom stereocenters. The second-order valence-electron chi connectivity index (χ2n) is 5.34. The topological polar surface area (TPSA) is 29.9 Å². The van der Waals surface area contributed by atoms with Gasteiger partial charge >= 0.3 is 0 Å². The van der Waals surface area contributed by atoms with Crippen molar-refractivity contribution in [1.29, 1.82) is 0 Å². The van der Waals surface area contributed by atoms with E-state index in [2.05, 4.69) is 49.0 Å². The first-order valence-corrected chi connectivity index (χ1v) is 5.60. The number of nitrogens with zero attached hydrogens (tertiary/aromatic N) is 2. The van der Waals surface area contributed by atoms with Crippen LogP contribution in [0.15, 0.2) is 6.20 Å². The molecule has 0 bridgehead atoms. The highest BCUT2D eigenvalue weighted by molar-refractivity contribution is 5.14. The predicted molar refractivity (Wildman–Crippen MR) is 63.8 cm³/mol. The molecule has 0 spiro atoms. The van der Waals surface area contributed by atoms with Gasteiger partial charge < -0.3 is 5.32 Å². The summed E-state index contributed by atoms with van der Waals surface area (Å²) in [5, 5.41) is 7.67. The summed E-state index contributed by atoms with van der Waals surface area (Å²) in [4.78, 5) is 0. The summed E-state index contributed by atoms with van der Waals surface area (Å²) in [5.41, 5.74) is 2.81. The largest absolute Gasteiger partial charge is 0.316 e. The third-order valence-electron chi connectivity index (χ3n) is 2.51. The van der Waals surface area contributed by atoms with Crippen LogP contribution >= 0.6 is 0 Å². The van der Waals surface area contributed by atoms with Crippen LogP contribution in [0.3, 0.4) is 0 Å². The molecule has 0 fully saturated rings. The molecule has 0 atom stereocenters. The molecule has 15 heavy (non-hydrogen) atoms. The van der Waals surface area contributed by atoms with E-state index >= 15 is 0 Å². The normalized spacial score (nSPS) is 12.1. The zero-order valence-corrected chi connectivity index (χ0v) is 10.6. The highest BCUT2D eigenvalue weighted by atomic mass is 15.3. The molecule has 1 aromatic rings. The molecule has 0 saturated heterocycles. The molecule has 3 nitrogen and oxygen atoms in total. The lowest BCUT2D eigenvalue weighted by Crippen LogP contribution is -2.10. The van der Waals surface area contributed by atoms with Crippen molar-refractivity contribution < 1.29 is 0 Å². The van der Waals surface area contributed by atoms with Crippen LogP contribution in [-0.2, 0) is 13.1 Å². The van der Waals surface area contributed by atoms with Crippen molar-refractivity contribution >= 4 is 0 Å². The Labute approximate surface area is 92.9 Å². The minimum absolute atomic E-state index is 0.378. The van der Waals surface area contributed by atoms with Crippen molar-refractivity contribution in [2.75, 3.05) is 7.05 Å². The van der Waals surface area contributed by atoms with Gasteiger partial charge in [-0.15, -0.1) is 0 Å². The van der Waals surface area contributed by atoms with Gasteiger partial charge in [0.05, 0.1) is 5.69 Å². The molecule has 3 heteroatoms. The Balaban J connectivity index is 2.59. The van der Waals surface area contributed by atoms with Gasteiger partial charge in [-0.1, -0.05) is 20.8 Å². The fourth-order valence-electron chi connectivity index (χ4n) is 1.49. The monoisotopic (exact) mass is 209 g/mol. The summed E-state index contributed by atoms with van der Waals surface area (Å²) in [5.74, 6) is 0. The van der Waals surface area contributed by atoms with Gasteiger partial charge in [0.1, 0.15) is 0 Å². The molecule has 1 aromatic heterocycles. The molecular weight excluding hydrogens is 186 g/mol. The highest BCUT2D eigenvalue weighted by Gasteiger charge is 2.11. The Morgan fingerprint density at radius 3 is 2.60 bits per heavy atom. The minimum Gasteiger partial charge on any atom is -0.316 e. The maximum absolute atomic E-state index is 4.51. The molecule has 1 rings (SSSR count). The van der Waals surface area contributed by atoms with Crippen molar-refractivity contribution in [1.82, 2.24) is 15.1 Å². The first kappa shape index (κ1) is 12.2. The van der Waals surface area contributed by atoms with E-state index in [1.807, 2.05) is 7.05 Å². The maximum Gasteiger partial charge on any atom is 0.0638 e. The zero-order valence-electron chi connectivity index (χ0n) is 10.6. The van der Waals surface area contributed by atoms with Crippen LogP contribution in [0, 0.1) is 12.3 Å². The summed E-state index contributed by atoms with van der Waals surface area (Å²) in [6, 6.07) is 0. The van der Waals surface area contributed by atoms with Gasteiger partial charge in [-0.05, 0) is 25.8 Å². The van der Waals surface area contributed by atoms with Gasteiger partial charge in [-0.25, -0.2) is 0 Å². The summed E-state index contributed by atoms with van der Waals surface area (Å²) in [7, 11) is 1.96. The van der Waals surface area contributed by atoms with Crippen LogP contribution in [0.4, 0.5) is 0 Å². The Morgan fingerprint density at radius 1 is 1.40 bits per heavy atom. The van der Waals surface area contributed by atoms with Gasteiger partial charge in [0.2, 0.25) is 0 Å². The van der Waals surface area contributed by atoms with Crippen molar-refractivity contribution in [3.63, 3.8) is 0 Å². The van der Waals surface area contributed by atoms with Crippen LogP contribution in [0.25, 0.3) is 0 Å². The van der Waals surface area contributed by atoms with Crippen molar-refractivity contribution in [3.05, 3.63) is 17.5 Å². The fourth-order valence-corrected chi connectivity index (χ4v) is 1.49. The molecule has 1 heterocycles. The third kappa shape index (κ3) is 4.04. The van der Waals surface area contributed by atoms with E-state index in [0.717, 1.165) is 25.2 Å². The summed E-state index contributed by atoms with van der Waals surface area (Å²) < 4.78 is 2.06. The molecule has 1 N–H and O–H groups in total. The van der Waals surface area contributed by atoms with E-state index in [-0.39, 0.29) is 0 Å². The molecule has 0 aliphatic carbocycles. The zero-order chi connectivity index (χ0) is 11.5. The quantitative estimate of drug-likeness (QED) is 0.825. The predicted octanol–water partition coefficient (Wildman–Crippen LogP) is 2.35. The van der Waals surface area contributed by atoms with Crippen LogP contribution < -0.4 is 5.32 Å². The summed E-state index contributed by atoms with van der Waals surface area (Å²) in [6.07, 6.45) is 3.31. The van der Waals surface area contributed by atoms with Crippen molar-refractivity contribution in [3.8, 4) is 0 Å². The number of hydrogen-bond acceptors (Lipinski definition) is 2. The van der Waals surface area contributed by atoms with E-state index in [9.17, 15) is 0 Å². The fraction of sp³-hybridized carbons (Fsp3) is 0.750. The van der Waals surface area contributed by atoms with Gasteiger partial charge in [-0.3, -0.25) is 4.68 Å². The lowest BCUT2D eigenvalue weighted by molar-refractivity contribution is 0.340. The summed E-state index contributed by atoms with van der Waals surface area (Å²) in [6.45, 7) is 10.8. The number of aromatic nitrogens is 2. The van der Waals surface area contributed by atoms with E-state index < -0.39 is 0 Å². The molecule has 0 aromatic carbocycles. The van der Waals surface area contributed by atoms with Crippen molar-refractivity contribution in [2.24, 2.45) is 5.41 Å². The first-order valence-electron chi connectivity index (χ1n) is 5.60. The second kappa shape index (κ2) is 4.79. The van der Waals surface area contributed by atoms with Gasteiger partial charge in [-0.2, -0.15) is 5.10 Å². The molecule has 0 radical (unpaired) electrons. The van der Waals surface area contributed by atoms with Crippen LogP contribution in [0.1, 0.15) is 38.4 Å². The second-order valence-corrected chi connectivity index (χ2v) is 5.34. The molecule has 0 saturated carbocycles. The average molecular weight is 209 g/mol. The molecule has 86 valence electrons. The van der Waals surface area contributed by atoms with E-state index in [0.29, 0.717) is 5.41 Å². The number of nitrogens with one attached hydrogen (secondary N) is 1. The highest BCUT2D eigenvalue weighted by Crippen LogP contribution is 2.19. The molecule has 0 aliphatic rings. The van der Waals surface area contributed by atoms with Crippen LogP contribution in [0.5, 0.6) is 0 Å². The Kier molecular flexibility index (Phi) is 3.91. The standard InChI is InChI=1S/C12H23N3/c1-10-11(8-13-5)9-15(14-10)7-6-12(2,3)4/h9,13H,6-8H2,1-5H3. The SMILES string of the molecule is CNCc1cn(CCC(C)(C)C)nc1C. The molecule has 0 aliphatic heterocycles. The number of hydrogen-bond donors (Lipinski definition) is 1. The number of aryl methyl sites for hydroxylation is 2. The maximum atomic E-state index is 4.51. The van der Waals surface area contributed by atoms with E-state index in [4.69, 9.17) is 0 Å². The number of rotatable bonds is 4. The summed E-state index contributed by atoms with van der Waals surface area (Å²) >= 11 is 0. The van der Waals surface area contributed by atoms with Crippen LogP contribution in [-0.4, -0.2) is 16.8 Å².